The first-order chi connectivity index (χ1) is 15.6. The Morgan fingerprint density at radius 2 is 1.75 bits per heavy atom. The molecule has 0 bridgehead atoms. The molecule has 1 saturated carbocycles. The van der Waals surface area contributed by atoms with Crippen LogP contribution in [0.4, 0.5) is 5.69 Å². The monoisotopic (exact) mass is 454 g/mol. The molecule has 2 aliphatic heterocycles. The van der Waals surface area contributed by atoms with E-state index < -0.39 is 0 Å². The molecule has 3 aliphatic rings. The fraction of sp³-hybridized carbons (Fsp3) is 0.458. The number of amides is 3. The summed E-state index contributed by atoms with van der Waals surface area (Å²) in [5, 5.41) is 1.98. The van der Waals surface area contributed by atoms with E-state index in [1.807, 2.05) is 35.7 Å². The molecule has 32 heavy (non-hydrogen) atoms. The Balaban J connectivity index is 1.33. The third-order valence-corrected chi connectivity index (χ3v) is 7.38. The van der Waals surface area contributed by atoms with Gasteiger partial charge in [-0.25, -0.2) is 0 Å². The highest BCUT2D eigenvalue weighted by molar-refractivity contribution is 7.09. The first-order valence-corrected chi connectivity index (χ1v) is 12.1. The molecule has 2 atom stereocenters. The first-order valence-electron chi connectivity index (χ1n) is 11.2. The molecular formula is C24H26N2O5S. The van der Waals surface area contributed by atoms with Gasteiger partial charge in [-0.05, 0) is 36.4 Å². The van der Waals surface area contributed by atoms with Gasteiger partial charge >= 0.3 is 0 Å². The Hall–Kier alpha value is -2.87. The zero-order chi connectivity index (χ0) is 22.1. The zero-order valence-corrected chi connectivity index (χ0v) is 18.6. The number of carbonyl (C=O) groups is 3. The van der Waals surface area contributed by atoms with Crippen molar-refractivity contribution in [2.24, 2.45) is 11.8 Å². The standard InChI is InChI=1S/C24H26N2O5S/c27-22(9-10-25-23(28)18-5-1-2-6-19(18)24(25)29)26(15-17-4-3-13-32-17)16-7-8-20-21(14-16)31-12-11-30-20/h3-4,7-8,13-14,18-19H,1-2,5-6,9-12,15H2/t18-,19-/m0/s1. The average molecular weight is 455 g/mol. The van der Waals surface area contributed by atoms with Gasteiger partial charge in [-0.3, -0.25) is 19.3 Å². The molecule has 7 nitrogen and oxygen atoms in total. The van der Waals surface area contributed by atoms with Crippen LogP contribution in [-0.2, 0) is 20.9 Å². The number of rotatable bonds is 6. The van der Waals surface area contributed by atoms with Crippen LogP contribution in [0.15, 0.2) is 35.7 Å². The van der Waals surface area contributed by atoms with E-state index in [-0.39, 0.29) is 42.5 Å². The van der Waals surface area contributed by atoms with E-state index in [1.54, 1.807) is 16.2 Å². The fourth-order valence-corrected chi connectivity index (χ4v) is 5.57. The molecule has 0 radical (unpaired) electrons. The minimum atomic E-state index is -0.189. The normalized spacial score (nSPS) is 22.1. The van der Waals surface area contributed by atoms with Gasteiger partial charge in [-0.15, -0.1) is 11.3 Å². The van der Waals surface area contributed by atoms with E-state index in [9.17, 15) is 14.4 Å². The molecule has 168 valence electrons. The number of likely N-dealkylation sites (tertiary alicyclic amines) is 1. The van der Waals surface area contributed by atoms with Gasteiger partial charge in [0.15, 0.2) is 11.5 Å². The van der Waals surface area contributed by atoms with Crippen molar-refractivity contribution in [1.29, 1.82) is 0 Å². The molecule has 0 spiro atoms. The Labute approximate surface area is 190 Å². The summed E-state index contributed by atoms with van der Waals surface area (Å²) in [6.45, 7) is 1.53. The van der Waals surface area contributed by atoms with E-state index in [2.05, 4.69) is 0 Å². The van der Waals surface area contributed by atoms with Crippen molar-refractivity contribution in [3.05, 3.63) is 40.6 Å². The predicted octanol–water partition coefficient (Wildman–Crippen LogP) is 3.62. The number of imide groups is 1. The van der Waals surface area contributed by atoms with Gasteiger partial charge in [0.2, 0.25) is 17.7 Å². The van der Waals surface area contributed by atoms with Crippen molar-refractivity contribution in [3.8, 4) is 11.5 Å². The molecule has 2 fully saturated rings. The lowest BCUT2D eigenvalue weighted by Gasteiger charge is -2.26. The molecule has 2 aromatic rings. The molecule has 3 amide bonds. The third-order valence-electron chi connectivity index (χ3n) is 6.51. The van der Waals surface area contributed by atoms with E-state index in [0.717, 1.165) is 30.6 Å². The van der Waals surface area contributed by atoms with Crippen LogP contribution in [0.5, 0.6) is 11.5 Å². The summed E-state index contributed by atoms with van der Waals surface area (Å²) >= 11 is 1.58. The molecule has 0 N–H and O–H groups in total. The van der Waals surface area contributed by atoms with Gasteiger partial charge in [-0.2, -0.15) is 0 Å². The Bertz CT molecular complexity index is 997. The highest BCUT2D eigenvalue weighted by atomic mass is 32.1. The molecule has 3 heterocycles. The summed E-state index contributed by atoms with van der Waals surface area (Å²) in [4.78, 5) is 42.9. The Morgan fingerprint density at radius 3 is 2.44 bits per heavy atom. The second-order valence-electron chi connectivity index (χ2n) is 8.46. The number of anilines is 1. The molecule has 1 aliphatic carbocycles. The van der Waals surface area contributed by atoms with Crippen LogP contribution in [0, 0.1) is 11.8 Å². The van der Waals surface area contributed by atoms with E-state index >= 15 is 0 Å². The van der Waals surface area contributed by atoms with Crippen molar-refractivity contribution < 1.29 is 23.9 Å². The average Bonchev–Trinajstić information content (AvgIpc) is 3.43. The minimum Gasteiger partial charge on any atom is -0.486 e. The van der Waals surface area contributed by atoms with Gasteiger partial charge in [0.25, 0.3) is 0 Å². The van der Waals surface area contributed by atoms with Crippen LogP contribution < -0.4 is 14.4 Å². The van der Waals surface area contributed by atoms with Gasteiger partial charge < -0.3 is 14.4 Å². The van der Waals surface area contributed by atoms with Gasteiger partial charge in [0.1, 0.15) is 13.2 Å². The number of fused-ring (bicyclic) bond motifs is 2. The highest BCUT2D eigenvalue weighted by Crippen LogP contribution is 2.38. The number of hydrogen-bond donors (Lipinski definition) is 0. The number of ether oxygens (including phenoxy) is 2. The fourth-order valence-electron chi connectivity index (χ4n) is 4.88. The van der Waals surface area contributed by atoms with Crippen LogP contribution in [-0.4, -0.2) is 42.4 Å². The summed E-state index contributed by atoms with van der Waals surface area (Å²) in [6, 6.07) is 9.42. The zero-order valence-electron chi connectivity index (χ0n) is 17.8. The maximum absolute atomic E-state index is 13.3. The van der Waals surface area contributed by atoms with E-state index in [4.69, 9.17) is 9.47 Å². The molecule has 8 heteroatoms. The number of thiophene rings is 1. The van der Waals surface area contributed by atoms with Gasteiger partial charge in [0, 0.05) is 29.6 Å². The second-order valence-corrected chi connectivity index (χ2v) is 9.50. The van der Waals surface area contributed by atoms with Crippen LogP contribution in [0.2, 0.25) is 0 Å². The van der Waals surface area contributed by atoms with Crippen molar-refractivity contribution in [2.75, 3.05) is 24.7 Å². The van der Waals surface area contributed by atoms with Crippen molar-refractivity contribution in [1.82, 2.24) is 4.90 Å². The lowest BCUT2D eigenvalue weighted by atomic mass is 9.81. The summed E-state index contributed by atoms with van der Waals surface area (Å²) in [7, 11) is 0. The predicted molar refractivity (Wildman–Crippen MR) is 120 cm³/mol. The number of carbonyl (C=O) groups excluding carboxylic acids is 3. The van der Waals surface area contributed by atoms with Gasteiger partial charge in [-0.1, -0.05) is 18.9 Å². The summed E-state index contributed by atoms with van der Waals surface area (Å²) in [5.74, 6) is 0.572. The molecule has 1 aromatic carbocycles. The van der Waals surface area contributed by atoms with Crippen LogP contribution in [0.1, 0.15) is 37.0 Å². The van der Waals surface area contributed by atoms with Crippen LogP contribution in [0.25, 0.3) is 0 Å². The van der Waals surface area contributed by atoms with Crippen LogP contribution in [0.3, 0.4) is 0 Å². The quantitative estimate of drug-likeness (QED) is 0.623. The highest BCUT2D eigenvalue weighted by Gasteiger charge is 2.47. The lowest BCUT2D eigenvalue weighted by Crippen LogP contribution is -2.37. The van der Waals surface area contributed by atoms with E-state index in [1.165, 1.54) is 4.90 Å². The third kappa shape index (κ3) is 3.99. The SMILES string of the molecule is O=C1[C@H]2CCCC[C@@H]2C(=O)N1CCC(=O)N(Cc1cccs1)c1ccc2c(c1)OCCO2. The lowest BCUT2D eigenvalue weighted by molar-refractivity contribution is -0.140. The molecule has 5 rings (SSSR count). The second kappa shape index (κ2) is 8.94. The Kier molecular flexibility index (Phi) is 5.87. The molecule has 0 unspecified atom stereocenters. The van der Waals surface area contributed by atoms with Crippen LogP contribution >= 0.6 is 11.3 Å². The minimum absolute atomic E-state index is 0.0940. The summed E-state index contributed by atoms with van der Waals surface area (Å²) < 4.78 is 11.3. The summed E-state index contributed by atoms with van der Waals surface area (Å²) in [6.07, 6.45) is 3.64. The number of hydrogen-bond acceptors (Lipinski definition) is 6. The van der Waals surface area contributed by atoms with Gasteiger partial charge in [0.05, 0.1) is 18.4 Å². The van der Waals surface area contributed by atoms with Crippen molar-refractivity contribution in [2.45, 2.75) is 38.6 Å². The number of nitrogens with zero attached hydrogens (tertiary/aromatic N) is 2. The molecule has 1 aromatic heterocycles. The maximum atomic E-state index is 13.3. The van der Waals surface area contributed by atoms with Crippen molar-refractivity contribution >= 4 is 34.7 Å². The molecular weight excluding hydrogens is 428 g/mol. The van der Waals surface area contributed by atoms with Crippen molar-refractivity contribution in [3.63, 3.8) is 0 Å². The maximum Gasteiger partial charge on any atom is 0.233 e. The van der Waals surface area contributed by atoms with E-state index in [0.29, 0.717) is 36.9 Å². The largest absolute Gasteiger partial charge is 0.486 e. The smallest absolute Gasteiger partial charge is 0.233 e. The Morgan fingerprint density at radius 1 is 1.03 bits per heavy atom. The first kappa shape index (κ1) is 21.0. The topological polar surface area (TPSA) is 76.2 Å². The number of benzene rings is 1. The summed E-state index contributed by atoms with van der Waals surface area (Å²) in [5.41, 5.74) is 0.709. The molecule has 1 saturated heterocycles.